The molecule has 2 aliphatic rings. The minimum absolute atomic E-state index is 0.168. The fraction of sp³-hybridized carbons (Fsp3) is 0.500. The maximum atomic E-state index is 14.7. The van der Waals surface area contributed by atoms with Crippen LogP contribution in [0, 0.1) is 5.92 Å². The van der Waals surface area contributed by atoms with E-state index in [9.17, 15) is 9.18 Å². The number of alkyl halides is 1. The lowest BCUT2D eigenvalue weighted by Gasteiger charge is -2.20. The molecule has 1 aromatic carbocycles. The minimum atomic E-state index is -1.65. The fourth-order valence-corrected chi connectivity index (χ4v) is 3.11. The third-order valence-electron chi connectivity index (χ3n) is 4.02. The van der Waals surface area contributed by atoms with Gasteiger partial charge in [0, 0.05) is 39.1 Å². The smallest absolute Gasteiger partial charge is 0.261 e. The van der Waals surface area contributed by atoms with Crippen LogP contribution < -0.4 is 0 Å². The van der Waals surface area contributed by atoms with Crippen molar-refractivity contribution in [1.29, 1.82) is 0 Å². The fourth-order valence-electron chi connectivity index (χ4n) is 3.11. The summed E-state index contributed by atoms with van der Waals surface area (Å²) in [5.74, 6) is -0.512. The maximum absolute atomic E-state index is 14.7. The van der Waals surface area contributed by atoms with Gasteiger partial charge in [-0.1, -0.05) is 30.3 Å². The molecule has 2 fully saturated rings. The number of carbonyl (C=O) groups is 1. The summed E-state index contributed by atoms with van der Waals surface area (Å²) in [4.78, 5) is 15.4. The van der Waals surface area contributed by atoms with E-state index in [0.717, 1.165) is 6.54 Å². The van der Waals surface area contributed by atoms with E-state index in [-0.39, 0.29) is 18.4 Å². The molecular formula is C14H17FN2O. The van der Waals surface area contributed by atoms with Gasteiger partial charge >= 0.3 is 0 Å². The SMILES string of the molecule is CN1C[C@H]2CN(Cc3ccccc3)C[C@@]2(F)C1=O. The van der Waals surface area contributed by atoms with Crippen molar-refractivity contribution < 1.29 is 9.18 Å². The molecule has 2 aliphatic heterocycles. The van der Waals surface area contributed by atoms with E-state index in [1.165, 1.54) is 10.5 Å². The van der Waals surface area contributed by atoms with Gasteiger partial charge in [0.15, 0.2) is 0 Å². The molecule has 3 nitrogen and oxygen atoms in total. The highest BCUT2D eigenvalue weighted by atomic mass is 19.1. The Morgan fingerprint density at radius 3 is 2.72 bits per heavy atom. The van der Waals surface area contributed by atoms with Crippen LogP contribution in [0.3, 0.4) is 0 Å². The number of likely N-dealkylation sites (tertiary alicyclic amines) is 2. The number of rotatable bonds is 2. The summed E-state index contributed by atoms with van der Waals surface area (Å²) in [6, 6.07) is 10.0. The Kier molecular flexibility index (Phi) is 2.63. The van der Waals surface area contributed by atoms with Gasteiger partial charge in [-0.3, -0.25) is 9.69 Å². The van der Waals surface area contributed by atoms with Crippen LogP contribution in [0.5, 0.6) is 0 Å². The topological polar surface area (TPSA) is 23.6 Å². The molecule has 0 radical (unpaired) electrons. The second kappa shape index (κ2) is 4.05. The Labute approximate surface area is 106 Å². The third-order valence-corrected chi connectivity index (χ3v) is 4.02. The Morgan fingerprint density at radius 1 is 1.33 bits per heavy atom. The van der Waals surface area contributed by atoms with Crippen LogP contribution in [0.15, 0.2) is 30.3 Å². The molecule has 0 N–H and O–H groups in total. The summed E-state index contributed by atoms with van der Waals surface area (Å²) < 4.78 is 14.7. The van der Waals surface area contributed by atoms with Crippen LogP contribution in [-0.2, 0) is 11.3 Å². The molecule has 0 unspecified atom stereocenters. The average Bonchev–Trinajstić information content (AvgIpc) is 2.76. The first-order valence-corrected chi connectivity index (χ1v) is 6.30. The molecule has 0 bridgehead atoms. The zero-order valence-electron chi connectivity index (χ0n) is 10.5. The molecule has 1 aromatic rings. The number of fused-ring (bicyclic) bond motifs is 1. The monoisotopic (exact) mass is 248 g/mol. The van der Waals surface area contributed by atoms with Crippen molar-refractivity contribution in [3.8, 4) is 0 Å². The summed E-state index contributed by atoms with van der Waals surface area (Å²) in [5, 5.41) is 0. The molecule has 0 spiro atoms. The van der Waals surface area contributed by atoms with E-state index in [1.54, 1.807) is 7.05 Å². The molecule has 1 amide bonds. The lowest BCUT2D eigenvalue weighted by atomic mass is 9.97. The first kappa shape index (κ1) is 11.7. The van der Waals surface area contributed by atoms with Gasteiger partial charge in [0.1, 0.15) is 0 Å². The number of hydrogen-bond donors (Lipinski definition) is 0. The molecule has 96 valence electrons. The van der Waals surface area contributed by atoms with E-state index in [1.807, 2.05) is 35.2 Å². The number of amides is 1. The van der Waals surface area contributed by atoms with Gasteiger partial charge in [0.25, 0.3) is 5.91 Å². The zero-order chi connectivity index (χ0) is 12.8. The Morgan fingerprint density at radius 2 is 2.06 bits per heavy atom. The molecule has 0 saturated carbocycles. The predicted molar refractivity (Wildman–Crippen MR) is 66.7 cm³/mol. The first-order chi connectivity index (χ1) is 8.59. The summed E-state index contributed by atoms with van der Waals surface area (Å²) in [5.41, 5.74) is -0.481. The number of carbonyl (C=O) groups excluding carboxylic acids is 1. The van der Waals surface area contributed by atoms with Crippen molar-refractivity contribution in [2.45, 2.75) is 12.2 Å². The molecule has 0 aromatic heterocycles. The van der Waals surface area contributed by atoms with E-state index < -0.39 is 5.67 Å². The van der Waals surface area contributed by atoms with Gasteiger partial charge in [0.2, 0.25) is 5.67 Å². The van der Waals surface area contributed by atoms with E-state index >= 15 is 0 Å². The summed E-state index contributed by atoms with van der Waals surface area (Å²) in [6.07, 6.45) is 0. The second-order valence-electron chi connectivity index (χ2n) is 5.40. The van der Waals surface area contributed by atoms with Crippen LogP contribution in [0.2, 0.25) is 0 Å². The predicted octanol–water partition coefficient (Wildman–Crippen LogP) is 1.30. The highest BCUT2D eigenvalue weighted by Crippen LogP contribution is 2.39. The van der Waals surface area contributed by atoms with Crippen LogP contribution in [0.4, 0.5) is 4.39 Å². The van der Waals surface area contributed by atoms with Gasteiger partial charge in [-0.15, -0.1) is 0 Å². The van der Waals surface area contributed by atoms with Crippen LogP contribution in [0.1, 0.15) is 5.56 Å². The average molecular weight is 248 g/mol. The van der Waals surface area contributed by atoms with Gasteiger partial charge in [0.05, 0.1) is 0 Å². The standard InChI is InChI=1S/C14H17FN2O/c1-16-8-12-9-17(10-14(12,15)13(16)18)7-11-5-3-2-4-6-11/h2-6,12H,7-10H2,1H3/t12-,14-/m0/s1. The first-order valence-electron chi connectivity index (χ1n) is 6.30. The van der Waals surface area contributed by atoms with Gasteiger partial charge in [-0.2, -0.15) is 0 Å². The molecule has 2 atom stereocenters. The minimum Gasteiger partial charge on any atom is -0.342 e. The number of halogens is 1. The zero-order valence-corrected chi connectivity index (χ0v) is 10.5. The quantitative estimate of drug-likeness (QED) is 0.787. The molecule has 3 rings (SSSR count). The highest BCUT2D eigenvalue weighted by molar-refractivity contribution is 5.88. The largest absolute Gasteiger partial charge is 0.342 e. The van der Waals surface area contributed by atoms with Crippen LogP contribution >= 0.6 is 0 Å². The summed E-state index contributed by atoms with van der Waals surface area (Å²) in [6.45, 7) is 2.16. The van der Waals surface area contributed by atoms with E-state index in [2.05, 4.69) is 0 Å². The van der Waals surface area contributed by atoms with Crippen molar-refractivity contribution in [3.63, 3.8) is 0 Å². The molecule has 0 aliphatic carbocycles. The van der Waals surface area contributed by atoms with Crippen molar-refractivity contribution in [2.24, 2.45) is 5.92 Å². The van der Waals surface area contributed by atoms with E-state index in [0.29, 0.717) is 13.1 Å². The summed E-state index contributed by atoms with van der Waals surface area (Å²) >= 11 is 0. The third kappa shape index (κ3) is 1.72. The molecule has 2 saturated heterocycles. The van der Waals surface area contributed by atoms with E-state index in [4.69, 9.17) is 0 Å². The lowest BCUT2D eigenvalue weighted by Crippen LogP contribution is -2.40. The Bertz CT molecular complexity index is 464. The number of nitrogens with zero attached hydrogens (tertiary/aromatic N) is 2. The summed E-state index contributed by atoms with van der Waals surface area (Å²) in [7, 11) is 1.68. The van der Waals surface area contributed by atoms with Crippen molar-refractivity contribution >= 4 is 5.91 Å². The van der Waals surface area contributed by atoms with Gasteiger partial charge < -0.3 is 4.90 Å². The van der Waals surface area contributed by atoms with Crippen molar-refractivity contribution in [3.05, 3.63) is 35.9 Å². The lowest BCUT2D eigenvalue weighted by molar-refractivity contribution is -0.136. The van der Waals surface area contributed by atoms with Crippen molar-refractivity contribution in [2.75, 3.05) is 26.7 Å². The van der Waals surface area contributed by atoms with Crippen LogP contribution in [0.25, 0.3) is 0 Å². The Hall–Kier alpha value is -1.42. The molecule has 2 heterocycles. The van der Waals surface area contributed by atoms with Crippen LogP contribution in [-0.4, -0.2) is 48.1 Å². The molecule has 4 heteroatoms. The highest BCUT2D eigenvalue weighted by Gasteiger charge is 2.58. The maximum Gasteiger partial charge on any atom is 0.261 e. The van der Waals surface area contributed by atoms with Gasteiger partial charge in [-0.05, 0) is 5.56 Å². The number of benzene rings is 1. The van der Waals surface area contributed by atoms with Gasteiger partial charge in [-0.25, -0.2) is 4.39 Å². The normalized spacial score (nSPS) is 32.0. The molecular weight excluding hydrogens is 231 g/mol. The molecule has 18 heavy (non-hydrogen) atoms. The second-order valence-corrected chi connectivity index (χ2v) is 5.40. The Balaban J connectivity index is 1.72. The van der Waals surface area contributed by atoms with Crippen molar-refractivity contribution in [1.82, 2.24) is 9.80 Å². The number of hydrogen-bond acceptors (Lipinski definition) is 2.